The quantitative estimate of drug-likeness (QED) is 0.498. The van der Waals surface area contributed by atoms with Crippen LogP contribution in [0.1, 0.15) is 39.0 Å². The monoisotopic (exact) mass is 299 g/mol. The Morgan fingerprint density at radius 1 is 1.00 bits per heavy atom. The highest BCUT2D eigenvalue weighted by molar-refractivity contribution is 5.98. The van der Waals surface area contributed by atoms with Crippen molar-refractivity contribution in [2.45, 2.75) is 39.0 Å². The minimum absolute atomic E-state index is 0.0238. The molecule has 0 spiro atoms. The maximum Gasteiger partial charge on any atom is 0.332 e. The summed E-state index contributed by atoms with van der Waals surface area (Å²) in [4.78, 5) is 24.2. The molecule has 0 amide bonds. The average molecular weight is 299 g/mol. The molecule has 6 heteroatoms. The Bertz CT molecular complexity index is 386. The lowest BCUT2D eigenvalue weighted by molar-refractivity contribution is -0.136. The van der Waals surface area contributed by atoms with Crippen molar-refractivity contribution in [1.82, 2.24) is 4.90 Å². The van der Waals surface area contributed by atoms with Crippen LogP contribution in [0.15, 0.2) is 11.1 Å². The molecule has 0 aromatic rings. The van der Waals surface area contributed by atoms with Crippen molar-refractivity contribution in [3.05, 3.63) is 11.1 Å². The Morgan fingerprint density at radius 3 is 2.19 bits per heavy atom. The van der Waals surface area contributed by atoms with E-state index in [2.05, 4.69) is 4.90 Å². The summed E-state index contributed by atoms with van der Waals surface area (Å²) in [5.74, 6) is -2.28. The molecule has 0 atom stereocenters. The van der Waals surface area contributed by atoms with Crippen LogP contribution in [0, 0.1) is 0 Å². The third-order valence-corrected chi connectivity index (χ3v) is 3.79. The molecule has 1 fully saturated rings. The zero-order valence-corrected chi connectivity index (χ0v) is 12.6. The Hall–Kier alpha value is -1.40. The minimum Gasteiger partial charge on any atom is -0.478 e. The number of carboxylic acid groups (broad SMARTS) is 2. The molecule has 1 aliphatic heterocycles. The van der Waals surface area contributed by atoms with Crippen LogP contribution in [0.4, 0.5) is 0 Å². The second-order valence-electron chi connectivity index (χ2n) is 5.33. The van der Waals surface area contributed by atoms with Crippen LogP contribution in [-0.2, 0) is 14.3 Å². The number of morpholine rings is 1. The largest absolute Gasteiger partial charge is 0.478 e. The molecule has 21 heavy (non-hydrogen) atoms. The molecule has 0 aliphatic carbocycles. The highest BCUT2D eigenvalue weighted by Crippen LogP contribution is 2.15. The van der Waals surface area contributed by atoms with Gasteiger partial charge in [0.1, 0.15) is 0 Å². The number of ether oxygens (including phenoxy) is 1. The van der Waals surface area contributed by atoms with Gasteiger partial charge in [-0.2, -0.15) is 0 Å². The molecule has 1 saturated heterocycles. The van der Waals surface area contributed by atoms with Crippen LogP contribution in [0.5, 0.6) is 0 Å². The maximum absolute atomic E-state index is 11.0. The van der Waals surface area contributed by atoms with E-state index in [1.165, 1.54) is 6.92 Å². The molecule has 6 nitrogen and oxygen atoms in total. The molecule has 0 saturated carbocycles. The number of nitrogens with zero attached hydrogens (tertiary/aromatic N) is 1. The highest BCUT2D eigenvalue weighted by atomic mass is 16.5. The number of carbonyl (C=O) groups is 2. The average Bonchev–Trinajstić information content (AvgIpc) is 2.46. The molecule has 2 N–H and O–H groups in total. The van der Waals surface area contributed by atoms with Crippen LogP contribution in [0.3, 0.4) is 0 Å². The van der Waals surface area contributed by atoms with Gasteiger partial charge in [0.2, 0.25) is 0 Å². The summed E-state index contributed by atoms with van der Waals surface area (Å²) in [6, 6.07) is 0. The fourth-order valence-electron chi connectivity index (χ4n) is 2.40. The predicted molar refractivity (Wildman–Crippen MR) is 78.3 cm³/mol. The number of hydrogen-bond acceptors (Lipinski definition) is 4. The van der Waals surface area contributed by atoms with Crippen LogP contribution in [-0.4, -0.2) is 59.9 Å². The Balaban J connectivity index is 2.18. The first-order valence-corrected chi connectivity index (χ1v) is 7.49. The zero-order chi connectivity index (χ0) is 15.7. The first kappa shape index (κ1) is 17.7. The van der Waals surface area contributed by atoms with E-state index < -0.39 is 11.9 Å². The van der Waals surface area contributed by atoms with Gasteiger partial charge in [0.05, 0.1) is 13.2 Å². The van der Waals surface area contributed by atoms with Gasteiger partial charge in [-0.15, -0.1) is 0 Å². The second kappa shape index (κ2) is 9.52. The van der Waals surface area contributed by atoms with E-state index in [-0.39, 0.29) is 11.1 Å². The lowest BCUT2D eigenvalue weighted by Crippen LogP contribution is -2.36. The van der Waals surface area contributed by atoms with Crippen LogP contribution < -0.4 is 0 Å². The molecule has 1 heterocycles. The van der Waals surface area contributed by atoms with E-state index in [1.807, 2.05) is 0 Å². The summed E-state index contributed by atoms with van der Waals surface area (Å²) in [6.07, 6.45) is 4.09. The van der Waals surface area contributed by atoms with E-state index in [4.69, 9.17) is 14.9 Å². The fourth-order valence-corrected chi connectivity index (χ4v) is 2.40. The first-order valence-electron chi connectivity index (χ1n) is 7.49. The van der Waals surface area contributed by atoms with Gasteiger partial charge in [-0.05, 0) is 32.7 Å². The van der Waals surface area contributed by atoms with Gasteiger partial charge in [0, 0.05) is 24.2 Å². The lowest BCUT2D eigenvalue weighted by atomic mass is 10.0. The Labute approximate surface area is 125 Å². The molecular formula is C15H25NO5. The van der Waals surface area contributed by atoms with Crippen molar-refractivity contribution in [3.8, 4) is 0 Å². The molecule has 1 aliphatic rings. The minimum atomic E-state index is -1.15. The summed E-state index contributed by atoms with van der Waals surface area (Å²) in [6.45, 7) is 6.00. The van der Waals surface area contributed by atoms with Crippen molar-refractivity contribution in [3.63, 3.8) is 0 Å². The second-order valence-corrected chi connectivity index (χ2v) is 5.33. The summed E-state index contributed by atoms with van der Waals surface area (Å²) in [5.41, 5.74) is -0.0357. The normalized spacial score (nSPS) is 17.4. The number of rotatable bonds is 9. The van der Waals surface area contributed by atoms with Crippen molar-refractivity contribution in [1.29, 1.82) is 0 Å². The Kier molecular flexibility index (Phi) is 8.00. The van der Waals surface area contributed by atoms with E-state index in [0.717, 1.165) is 58.5 Å². The van der Waals surface area contributed by atoms with Gasteiger partial charge < -0.3 is 14.9 Å². The van der Waals surface area contributed by atoms with Crippen LogP contribution in [0.2, 0.25) is 0 Å². The van der Waals surface area contributed by atoms with E-state index in [9.17, 15) is 9.59 Å². The van der Waals surface area contributed by atoms with Gasteiger partial charge in [-0.25, -0.2) is 9.59 Å². The topological polar surface area (TPSA) is 87.1 Å². The number of hydrogen-bond donors (Lipinski definition) is 2. The molecule has 0 unspecified atom stereocenters. The fraction of sp³-hybridized carbons (Fsp3) is 0.733. The zero-order valence-electron chi connectivity index (χ0n) is 12.6. The molecule has 0 aromatic heterocycles. The van der Waals surface area contributed by atoms with Crippen molar-refractivity contribution in [2.75, 3.05) is 32.8 Å². The third-order valence-electron chi connectivity index (χ3n) is 3.79. The van der Waals surface area contributed by atoms with Gasteiger partial charge >= 0.3 is 11.9 Å². The van der Waals surface area contributed by atoms with Crippen LogP contribution >= 0.6 is 0 Å². The standard InChI is InChI=1S/C15H25NO5/c1-12(14(17)18)13(15(19)20)6-4-2-3-5-7-16-8-10-21-11-9-16/h2-11H2,1H3,(H,17,18)(H,19,20)/b13-12+. The highest BCUT2D eigenvalue weighted by Gasteiger charge is 2.15. The predicted octanol–water partition coefficient (Wildman–Crippen LogP) is 1.75. The molecule has 0 aromatic carbocycles. The summed E-state index contributed by atoms with van der Waals surface area (Å²) in [7, 11) is 0. The van der Waals surface area contributed by atoms with E-state index in [0.29, 0.717) is 6.42 Å². The summed E-state index contributed by atoms with van der Waals surface area (Å²) < 4.78 is 5.28. The third kappa shape index (κ3) is 6.73. The van der Waals surface area contributed by atoms with Crippen molar-refractivity contribution < 1.29 is 24.5 Å². The number of unbranched alkanes of at least 4 members (excludes halogenated alkanes) is 3. The number of aliphatic carboxylic acids is 2. The lowest BCUT2D eigenvalue weighted by Gasteiger charge is -2.26. The molecule has 0 bridgehead atoms. The van der Waals surface area contributed by atoms with E-state index >= 15 is 0 Å². The maximum atomic E-state index is 11.0. The molecular weight excluding hydrogens is 274 g/mol. The van der Waals surface area contributed by atoms with Gasteiger partial charge in [0.25, 0.3) is 0 Å². The van der Waals surface area contributed by atoms with Crippen molar-refractivity contribution in [2.24, 2.45) is 0 Å². The SMILES string of the molecule is C/C(C(=O)O)=C(/CCCCCCN1CCOCC1)C(=O)O. The van der Waals surface area contributed by atoms with Gasteiger partial charge in [-0.1, -0.05) is 12.8 Å². The molecule has 0 radical (unpaired) electrons. The molecule has 120 valence electrons. The van der Waals surface area contributed by atoms with Gasteiger partial charge in [-0.3, -0.25) is 4.90 Å². The number of carboxylic acids is 2. The first-order chi connectivity index (χ1) is 10.0. The van der Waals surface area contributed by atoms with Gasteiger partial charge in [0.15, 0.2) is 0 Å². The van der Waals surface area contributed by atoms with Crippen LogP contribution in [0.25, 0.3) is 0 Å². The Morgan fingerprint density at radius 2 is 1.62 bits per heavy atom. The van der Waals surface area contributed by atoms with E-state index in [1.54, 1.807) is 0 Å². The summed E-state index contributed by atoms with van der Waals surface area (Å²) >= 11 is 0. The molecule has 1 rings (SSSR count). The summed E-state index contributed by atoms with van der Waals surface area (Å²) in [5, 5.41) is 17.9. The smallest absolute Gasteiger partial charge is 0.332 e. The van der Waals surface area contributed by atoms with Crippen molar-refractivity contribution >= 4 is 11.9 Å².